The van der Waals surface area contributed by atoms with Gasteiger partial charge in [0.25, 0.3) is 0 Å². The summed E-state index contributed by atoms with van der Waals surface area (Å²) in [6.45, 7) is 4.36. The Hall–Kier alpha value is -1.65. The molecular weight excluding hydrogens is 256 g/mol. The van der Waals surface area contributed by atoms with Crippen LogP contribution in [0.1, 0.15) is 49.1 Å². The highest BCUT2D eigenvalue weighted by Gasteiger charge is 2.20. The summed E-state index contributed by atoms with van der Waals surface area (Å²) in [5.74, 6) is 0.0335. The van der Waals surface area contributed by atoms with Crippen LogP contribution in [0.4, 0.5) is 0 Å². The maximum atomic E-state index is 12.0. The maximum absolute atomic E-state index is 12.0. The molecule has 0 aliphatic heterocycles. The monoisotopic (exact) mass is 278 g/mol. The lowest BCUT2D eigenvalue weighted by molar-refractivity contribution is -0.136. The number of rotatable bonds is 7. The first-order chi connectivity index (χ1) is 9.49. The molecule has 2 rings (SSSR count). The predicted octanol–water partition coefficient (Wildman–Crippen LogP) is 2.07. The molecule has 20 heavy (non-hydrogen) atoms. The topological polar surface area (TPSA) is 72.2 Å². The number of hydrogen-bond donors (Lipinski definition) is 1. The highest BCUT2D eigenvalue weighted by atomic mass is 16.4. The Kier molecular flexibility index (Phi) is 4.57. The van der Waals surface area contributed by atoms with Crippen molar-refractivity contribution in [2.24, 2.45) is 5.92 Å². The van der Waals surface area contributed by atoms with E-state index >= 15 is 0 Å². The lowest BCUT2D eigenvalue weighted by Gasteiger charge is -2.15. The van der Waals surface area contributed by atoms with Crippen molar-refractivity contribution in [3.63, 3.8) is 0 Å². The second kappa shape index (κ2) is 6.20. The second-order valence-corrected chi connectivity index (χ2v) is 5.67. The zero-order chi connectivity index (χ0) is 14.7. The van der Waals surface area contributed by atoms with E-state index in [1.54, 1.807) is 11.5 Å². The van der Waals surface area contributed by atoms with E-state index in [1.165, 1.54) is 19.3 Å². The van der Waals surface area contributed by atoms with E-state index in [0.717, 1.165) is 23.6 Å². The molecule has 0 aromatic carbocycles. The molecule has 0 unspecified atom stereocenters. The minimum atomic E-state index is -0.824. The summed E-state index contributed by atoms with van der Waals surface area (Å²) < 4.78 is 1.70. The quantitative estimate of drug-likeness (QED) is 0.828. The average molecular weight is 278 g/mol. The fourth-order valence-corrected chi connectivity index (χ4v) is 2.64. The van der Waals surface area contributed by atoms with Crippen LogP contribution in [-0.2, 0) is 17.8 Å². The van der Waals surface area contributed by atoms with Crippen LogP contribution < -0.4 is 5.69 Å². The van der Waals surface area contributed by atoms with Crippen LogP contribution in [0.25, 0.3) is 0 Å². The average Bonchev–Trinajstić information content (AvgIpc) is 3.16. The van der Waals surface area contributed by atoms with Gasteiger partial charge in [-0.05, 0) is 44.6 Å². The summed E-state index contributed by atoms with van der Waals surface area (Å²) in [6, 6.07) is 0. The van der Waals surface area contributed by atoms with Gasteiger partial charge in [0, 0.05) is 24.4 Å². The van der Waals surface area contributed by atoms with Crippen molar-refractivity contribution < 1.29 is 9.90 Å². The lowest BCUT2D eigenvalue weighted by atomic mass is 10.1. The predicted molar refractivity (Wildman–Crippen MR) is 75.9 cm³/mol. The molecule has 1 aromatic rings. The first kappa shape index (κ1) is 14.8. The van der Waals surface area contributed by atoms with Crippen molar-refractivity contribution in [2.45, 2.75) is 58.9 Å². The van der Waals surface area contributed by atoms with Crippen molar-refractivity contribution >= 4 is 5.97 Å². The van der Waals surface area contributed by atoms with E-state index in [4.69, 9.17) is 5.11 Å². The number of aryl methyl sites for hydroxylation is 1. The van der Waals surface area contributed by atoms with Crippen LogP contribution in [0.5, 0.6) is 0 Å². The van der Waals surface area contributed by atoms with Gasteiger partial charge >= 0.3 is 11.7 Å². The summed E-state index contributed by atoms with van der Waals surface area (Å²) in [5.41, 5.74) is 2.22. The molecule has 1 N–H and O–H groups in total. The molecule has 110 valence electrons. The standard InChI is InChI=1S/C15H22N2O3/c1-10-13(7-8-14(18)19)11(2)17(15(20)16-10)9-3-4-12-5-6-12/h12H,3-9H2,1-2H3,(H,18,19). The summed E-state index contributed by atoms with van der Waals surface area (Å²) in [4.78, 5) is 26.7. The normalized spacial score (nSPS) is 14.5. The van der Waals surface area contributed by atoms with Gasteiger partial charge in [-0.2, -0.15) is 4.98 Å². The third-order valence-corrected chi connectivity index (χ3v) is 4.05. The molecule has 1 fully saturated rings. The Morgan fingerprint density at radius 1 is 1.40 bits per heavy atom. The molecule has 0 amide bonds. The van der Waals surface area contributed by atoms with Crippen molar-refractivity contribution in [1.29, 1.82) is 0 Å². The van der Waals surface area contributed by atoms with E-state index in [1.807, 2.05) is 6.92 Å². The fourth-order valence-electron chi connectivity index (χ4n) is 2.64. The van der Waals surface area contributed by atoms with E-state index in [0.29, 0.717) is 18.7 Å². The van der Waals surface area contributed by atoms with Gasteiger partial charge in [-0.1, -0.05) is 12.8 Å². The fraction of sp³-hybridized carbons (Fsp3) is 0.667. The second-order valence-electron chi connectivity index (χ2n) is 5.67. The third kappa shape index (κ3) is 3.68. The van der Waals surface area contributed by atoms with E-state index in [2.05, 4.69) is 4.98 Å². The molecule has 0 radical (unpaired) electrons. The number of hydrogen-bond acceptors (Lipinski definition) is 3. The van der Waals surface area contributed by atoms with E-state index in [9.17, 15) is 9.59 Å². The molecular formula is C15H22N2O3. The number of aliphatic carboxylic acids is 1. The van der Waals surface area contributed by atoms with Crippen LogP contribution in [0.3, 0.4) is 0 Å². The first-order valence-corrected chi connectivity index (χ1v) is 7.27. The number of carboxylic acids is 1. The summed E-state index contributed by atoms with van der Waals surface area (Å²) in [7, 11) is 0. The molecule has 1 aliphatic rings. The van der Waals surface area contributed by atoms with Crippen molar-refractivity contribution in [1.82, 2.24) is 9.55 Å². The number of carboxylic acid groups (broad SMARTS) is 1. The van der Waals surface area contributed by atoms with Crippen molar-refractivity contribution in [3.05, 3.63) is 27.4 Å². The molecule has 0 atom stereocenters. The summed E-state index contributed by atoms with van der Waals surface area (Å²) >= 11 is 0. The minimum Gasteiger partial charge on any atom is -0.481 e. The van der Waals surface area contributed by atoms with Crippen LogP contribution in [0.2, 0.25) is 0 Å². The zero-order valence-electron chi connectivity index (χ0n) is 12.2. The van der Waals surface area contributed by atoms with Crippen molar-refractivity contribution in [2.75, 3.05) is 0 Å². The van der Waals surface area contributed by atoms with Crippen LogP contribution in [0, 0.1) is 19.8 Å². The molecule has 1 aromatic heterocycles. The van der Waals surface area contributed by atoms with Crippen LogP contribution in [-0.4, -0.2) is 20.6 Å². The Labute approximate surface area is 118 Å². The van der Waals surface area contributed by atoms with Gasteiger partial charge in [-0.25, -0.2) is 4.79 Å². The molecule has 5 heteroatoms. The number of nitrogens with zero attached hydrogens (tertiary/aromatic N) is 2. The van der Waals surface area contributed by atoms with Gasteiger partial charge in [0.2, 0.25) is 0 Å². The van der Waals surface area contributed by atoms with E-state index in [-0.39, 0.29) is 12.1 Å². The summed E-state index contributed by atoms with van der Waals surface area (Å²) in [5, 5.41) is 8.80. The summed E-state index contributed by atoms with van der Waals surface area (Å²) in [6.07, 6.45) is 5.32. The minimum absolute atomic E-state index is 0.0731. The largest absolute Gasteiger partial charge is 0.481 e. The first-order valence-electron chi connectivity index (χ1n) is 7.27. The van der Waals surface area contributed by atoms with Gasteiger partial charge in [0.1, 0.15) is 0 Å². The molecule has 0 bridgehead atoms. The Balaban J connectivity index is 2.14. The molecule has 0 spiro atoms. The van der Waals surface area contributed by atoms with Gasteiger partial charge in [-0.3, -0.25) is 9.36 Å². The molecule has 5 nitrogen and oxygen atoms in total. The smallest absolute Gasteiger partial charge is 0.347 e. The molecule has 1 aliphatic carbocycles. The molecule has 1 heterocycles. The molecule has 1 saturated carbocycles. The SMILES string of the molecule is Cc1nc(=O)n(CCCC2CC2)c(C)c1CCC(=O)O. The maximum Gasteiger partial charge on any atom is 0.347 e. The Morgan fingerprint density at radius 2 is 2.10 bits per heavy atom. The van der Waals surface area contributed by atoms with Crippen LogP contribution >= 0.6 is 0 Å². The van der Waals surface area contributed by atoms with Gasteiger partial charge in [0.05, 0.1) is 0 Å². The Bertz CT molecular complexity index is 559. The lowest BCUT2D eigenvalue weighted by Crippen LogP contribution is -2.28. The highest BCUT2D eigenvalue weighted by molar-refractivity contribution is 5.67. The Morgan fingerprint density at radius 3 is 2.70 bits per heavy atom. The van der Waals surface area contributed by atoms with Gasteiger partial charge in [-0.15, -0.1) is 0 Å². The third-order valence-electron chi connectivity index (χ3n) is 4.05. The van der Waals surface area contributed by atoms with Gasteiger partial charge < -0.3 is 5.11 Å². The highest BCUT2D eigenvalue weighted by Crippen LogP contribution is 2.33. The van der Waals surface area contributed by atoms with Gasteiger partial charge in [0.15, 0.2) is 0 Å². The number of aromatic nitrogens is 2. The number of carbonyl (C=O) groups is 1. The zero-order valence-corrected chi connectivity index (χ0v) is 12.2. The van der Waals surface area contributed by atoms with E-state index < -0.39 is 5.97 Å². The molecule has 0 saturated heterocycles. The van der Waals surface area contributed by atoms with Crippen molar-refractivity contribution in [3.8, 4) is 0 Å². The van der Waals surface area contributed by atoms with Crippen LogP contribution in [0.15, 0.2) is 4.79 Å².